The number of allylic oxidation sites excluding steroid dienone is 1. The lowest BCUT2D eigenvalue weighted by molar-refractivity contribution is 0.297. The molecule has 0 heterocycles. The van der Waals surface area contributed by atoms with Gasteiger partial charge in [0.05, 0.1) is 0 Å². The normalized spacial score (nSPS) is 10.3. The molecule has 2 aromatic rings. The highest BCUT2D eigenvalue weighted by Crippen LogP contribution is 2.24. The Morgan fingerprint density at radius 2 is 2.00 bits per heavy atom. The van der Waals surface area contributed by atoms with Crippen LogP contribution >= 0.6 is 11.6 Å². The van der Waals surface area contributed by atoms with Gasteiger partial charge in [-0.1, -0.05) is 23.7 Å². The first-order valence-electron chi connectivity index (χ1n) is 6.16. The number of nitrogens with two attached hydrogens (primary N) is 1. The van der Waals surface area contributed by atoms with Gasteiger partial charge in [-0.3, -0.25) is 0 Å². The van der Waals surface area contributed by atoms with Gasteiger partial charge in [0, 0.05) is 16.3 Å². The summed E-state index contributed by atoms with van der Waals surface area (Å²) in [6.45, 7) is 3.83. The van der Waals surface area contributed by atoms with E-state index in [0.29, 0.717) is 28.4 Å². The Hall–Kier alpha value is -2.00. The zero-order chi connectivity index (χ0) is 14.5. The van der Waals surface area contributed by atoms with Crippen LogP contribution in [-0.4, -0.2) is 0 Å². The molecule has 104 valence electrons. The molecule has 20 heavy (non-hydrogen) atoms. The Morgan fingerprint density at radius 1 is 1.20 bits per heavy atom. The van der Waals surface area contributed by atoms with Gasteiger partial charge in [-0.2, -0.15) is 0 Å². The molecule has 0 unspecified atom stereocenters. The summed E-state index contributed by atoms with van der Waals surface area (Å²) < 4.78 is 19.3. The van der Waals surface area contributed by atoms with Crippen LogP contribution in [0.4, 0.5) is 10.1 Å². The number of anilines is 1. The average molecular weight is 292 g/mol. The third kappa shape index (κ3) is 3.52. The second-order valence-electron chi connectivity index (χ2n) is 4.38. The lowest BCUT2D eigenvalue weighted by Crippen LogP contribution is -2.01. The molecule has 0 radical (unpaired) electrons. The summed E-state index contributed by atoms with van der Waals surface area (Å²) >= 11 is 5.71. The van der Waals surface area contributed by atoms with Crippen LogP contribution in [0.1, 0.15) is 11.1 Å². The van der Waals surface area contributed by atoms with Gasteiger partial charge in [0.25, 0.3) is 0 Å². The fraction of sp³-hybridized carbons (Fsp3) is 0.125. The van der Waals surface area contributed by atoms with Crippen molar-refractivity contribution in [2.45, 2.75) is 13.0 Å². The van der Waals surface area contributed by atoms with E-state index >= 15 is 0 Å². The number of benzene rings is 2. The molecule has 2 rings (SSSR count). The molecular formula is C16H15ClFNO. The van der Waals surface area contributed by atoms with Crippen LogP contribution in [0.25, 0.3) is 0 Å². The Balaban J connectivity index is 2.16. The summed E-state index contributed by atoms with van der Waals surface area (Å²) in [6.07, 6.45) is 2.41. The van der Waals surface area contributed by atoms with Crippen molar-refractivity contribution in [1.29, 1.82) is 0 Å². The first-order valence-corrected chi connectivity index (χ1v) is 6.54. The number of ether oxygens (including phenoxy) is 1. The number of rotatable bonds is 5. The van der Waals surface area contributed by atoms with Crippen LogP contribution in [0.5, 0.6) is 5.75 Å². The summed E-state index contributed by atoms with van der Waals surface area (Å²) in [5, 5.41) is 0.367. The Morgan fingerprint density at radius 3 is 2.70 bits per heavy atom. The van der Waals surface area contributed by atoms with Crippen LogP contribution in [0.2, 0.25) is 5.02 Å². The van der Waals surface area contributed by atoms with Gasteiger partial charge in [0.1, 0.15) is 18.2 Å². The van der Waals surface area contributed by atoms with Gasteiger partial charge in [-0.25, -0.2) is 4.39 Å². The van der Waals surface area contributed by atoms with Crippen molar-refractivity contribution in [3.63, 3.8) is 0 Å². The van der Waals surface area contributed by atoms with Crippen molar-refractivity contribution < 1.29 is 9.13 Å². The summed E-state index contributed by atoms with van der Waals surface area (Å²) in [6, 6.07) is 9.88. The molecule has 0 fully saturated rings. The summed E-state index contributed by atoms with van der Waals surface area (Å²) in [5.41, 5.74) is 7.78. The Bertz CT molecular complexity index is 628. The van der Waals surface area contributed by atoms with E-state index in [9.17, 15) is 4.39 Å². The predicted octanol–water partition coefficient (Wildman–Crippen LogP) is 4.37. The first kappa shape index (κ1) is 14.4. The molecule has 2 aromatic carbocycles. The van der Waals surface area contributed by atoms with E-state index in [1.807, 2.05) is 6.07 Å². The molecule has 2 nitrogen and oxygen atoms in total. The molecule has 0 aliphatic heterocycles. The van der Waals surface area contributed by atoms with Crippen LogP contribution in [0.15, 0.2) is 49.1 Å². The number of halogens is 2. The quantitative estimate of drug-likeness (QED) is 0.656. The summed E-state index contributed by atoms with van der Waals surface area (Å²) in [5.74, 6) is 0.298. The maximum atomic E-state index is 13.7. The van der Waals surface area contributed by atoms with Crippen molar-refractivity contribution >= 4 is 17.3 Å². The van der Waals surface area contributed by atoms with E-state index in [2.05, 4.69) is 6.58 Å². The highest BCUT2D eigenvalue weighted by Gasteiger charge is 2.07. The zero-order valence-electron chi connectivity index (χ0n) is 10.9. The van der Waals surface area contributed by atoms with Gasteiger partial charge in [-0.15, -0.1) is 6.58 Å². The highest BCUT2D eigenvalue weighted by molar-refractivity contribution is 6.30. The third-order valence-corrected chi connectivity index (χ3v) is 3.08. The van der Waals surface area contributed by atoms with E-state index in [4.69, 9.17) is 22.1 Å². The molecule has 0 aromatic heterocycles. The fourth-order valence-corrected chi connectivity index (χ4v) is 2.01. The van der Waals surface area contributed by atoms with Gasteiger partial charge < -0.3 is 10.5 Å². The molecule has 0 amide bonds. The van der Waals surface area contributed by atoms with Crippen molar-refractivity contribution in [2.75, 3.05) is 5.73 Å². The lowest BCUT2D eigenvalue weighted by Gasteiger charge is -2.12. The van der Waals surface area contributed by atoms with E-state index in [1.54, 1.807) is 30.3 Å². The second-order valence-corrected chi connectivity index (χ2v) is 4.82. The van der Waals surface area contributed by atoms with E-state index in [-0.39, 0.29) is 12.4 Å². The summed E-state index contributed by atoms with van der Waals surface area (Å²) in [7, 11) is 0. The fourth-order valence-electron chi connectivity index (χ4n) is 1.85. The smallest absolute Gasteiger partial charge is 0.131 e. The molecule has 0 spiro atoms. The maximum Gasteiger partial charge on any atom is 0.131 e. The molecule has 0 aliphatic rings. The Kier molecular flexibility index (Phi) is 4.64. The van der Waals surface area contributed by atoms with Crippen molar-refractivity contribution in [3.05, 3.63) is 71.0 Å². The zero-order valence-corrected chi connectivity index (χ0v) is 11.7. The molecule has 0 saturated heterocycles. The number of nitrogen functional groups attached to an aromatic ring is 1. The molecular weight excluding hydrogens is 277 g/mol. The minimum absolute atomic E-state index is 0.136. The van der Waals surface area contributed by atoms with Gasteiger partial charge in [-0.05, 0) is 42.3 Å². The van der Waals surface area contributed by atoms with Crippen LogP contribution in [0.3, 0.4) is 0 Å². The van der Waals surface area contributed by atoms with Crippen LogP contribution in [0, 0.1) is 5.82 Å². The van der Waals surface area contributed by atoms with Crippen molar-refractivity contribution in [3.8, 4) is 5.75 Å². The maximum absolute atomic E-state index is 13.7. The minimum Gasteiger partial charge on any atom is -0.489 e. The summed E-state index contributed by atoms with van der Waals surface area (Å²) in [4.78, 5) is 0. The first-order chi connectivity index (χ1) is 9.60. The van der Waals surface area contributed by atoms with Crippen molar-refractivity contribution in [1.82, 2.24) is 0 Å². The minimum atomic E-state index is -0.377. The molecule has 0 bridgehead atoms. The SMILES string of the molecule is C=CCc1cc(N)ccc1OCc1ccc(Cl)cc1F. The van der Waals surface area contributed by atoms with Crippen LogP contribution < -0.4 is 10.5 Å². The molecule has 4 heteroatoms. The van der Waals surface area contributed by atoms with Crippen molar-refractivity contribution in [2.24, 2.45) is 0 Å². The predicted molar refractivity (Wildman–Crippen MR) is 80.5 cm³/mol. The lowest BCUT2D eigenvalue weighted by atomic mass is 10.1. The van der Waals surface area contributed by atoms with E-state index < -0.39 is 0 Å². The number of hydrogen-bond acceptors (Lipinski definition) is 2. The molecule has 0 aliphatic carbocycles. The second kappa shape index (κ2) is 6.44. The van der Waals surface area contributed by atoms with Crippen LogP contribution in [-0.2, 0) is 13.0 Å². The molecule has 0 atom stereocenters. The third-order valence-electron chi connectivity index (χ3n) is 2.85. The standard InChI is InChI=1S/C16H15ClFNO/c1-2-3-11-8-14(19)6-7-16(11)20-10-12-4-5-13(17)9-15(12)18/h2,4-9H,1,3,10,19H2. The number of hydrogen-bond donors (Lipinski definition) is 1. The van der Waals surface area contributed by atoms with E-state index in [0.717, 1.165) is 5.56 Å². The monoisotopic (exact) mass is 291 g/mol. The van der Waals surface area contributed by atoms with Gasteiger partial charge in [0.2, 0.25) is 0 Å². The topological polar surface area (TPSA) is 35.2 Å². The Labute approximate surface area is 122 Å². The highest BCUT2D eigenvalue weighted by atomic mass is 35.5. The van der Waals surface area contributed by atoms with Gasteiger partial charge >= 0.3 is 0 Å². The largest absolute Gasteiger partial charge is 0.489 e. The molecule has 0 saturated carbocycles. The van der Waals surface area contributed by atoms with E-state index in [1.165, 1.54) is 6.07 Å². The van der Waals surface area contributed by atoms with Gasteiger partial charge in [0.15, 0.2) is 0 Å². The molecule has 2 N–H and O–H groups in total. The average Bonchev–Trinajstić information content (AvgIpc) is 2.40.